The minimum Gasteiger partial charge on any atom is -0.497 e. The summed E-state index contributed by atoms with van der Waals surface area (Å²) in [6.07, 6.45) is 0.645. The van der Waals surface area contributed by atoms with Gasteiger partial charge in [-0.15, -0.1) is 0 Å². The average molecular weight is 365 g/mol. The van der Waals surface area contributed by atoms with Crippen LogP contribution in [0.3, 0.4) is 0 Å². The van der Waals surface area contributed by atoms with Crippen LogP contribution in [0.5, 0.6) is 11.5 Å². The second kappa shape index (κ2) is 6.84. The molecule has 0 radical (unpaired) electrons. The smallest absolute Gasteiger partial charge is 0.232 e. The number of carbonyl (C=O) groups excluding carboxylic acids is 1. The highest BCUT2D eigenvalue weighted by molar-refractivity contribution is 7.08. The van der Waals surface area contributed by atoms with Gasteiger partial charge in [0.1, 0.15) is 11.5 Å². The van der Waals surface area contributed by atoms with Gasteiger partial charge in [0.2, 0.25) is 5.91 Å². The number of hydrogen-bond acceptors (Lipinski definition) is 4. The number of carbonyl (C=O) groups is 1. The van der Waals surface area contributed by atoms with Gasteiger partial charge < -0.3 is 14.8 Å². The van der Waals surface area contributed by atoms with E-state index in [4.69, 9.17) is 9.47 Å². The van der Waals surface area contributed by atoms with E-state index in [0.717, 1.165) is 39.4 Å². The van der Waals surface area contributed by atoms with Crippen molar-refractivity contribution in [2.45, 2.75) is 12.3 Å². The number of nitrogens with one attached hydrogen (secondary N) is 1. The maximum absolute atomic E-state index is 12.5. The van der Waals surface area contributed by atoms with Gasteiger partial charge in [-0.05, 0) is 58.1 Å². The number of amides is 1. The molecular formula is C21H19NO3S. The Bertz CT molecular complexity index is 950. The molecular weight excluding hydrogens is 346 g/mol. The first-order valence-electron chi connectivity index (χ1n) is 8.38. The molecule has 2 heterocycles. The lowest BCUT2D eigenvalue weighted by atomic mass is 9.91. The van der Waals surface area contributed by atoms with Crippen molar-refractivity contribution in [3.05, 3.63) is 64.4 Å². The molecule has 0 bridgehead atoms. The minimum atomic E-state index is -0.195. The minimum absolute atomic E-state index is 0.0288. The lowest BCUT2D eigenvalue weighted by molar-refractivity contribution is -0.117. The molecule has 132 valence electrons. The summed E-state index contributed by atoms with van der Waals surface area (Å²) in [6, 6.07) is 14.0. The summed E-state index contributed by atoms with van der Waals surface area (Å²) in [5.41, 5.74) is 5.15. The number of thiophene rings is 1. The van der Waals surface area contributed by atoms with Crippen molar-refractivity contribution in [3.8, 4) is 22.6 Å². The van der Waals surface area contributed by atoms with Crippen LogP contribution in [0.1, 0.15) is 17.0 Å². The van der Waals surface area contributed by atoms with Crippen LogP contribution in [0.25, 0.3) is 11.1 Å². The highest BCUT2D eigenvalue weighted by atomic mass is 32.1. The first-order valence-corrected chi connectivity index (χ1v) is 9.32. The van der Waals surface area contributed by atoms with Crippen molar-refractivity contribution < 1.29 is 14.3 Å². The number of fused-ring (bicyclic) bond motifs is 1. The molecule has 1 unspecified atom stereocenters. The zero-order chi connectivity index (χ0) is 18.1. The lowest BCUT2D eigenvalue weighted by Crippen LogP contribution is -2.14. The molecule has 1 N–H and O–H groups in total. The van der Waals surface area contributed by atoms with Gasteiger partial charge in [-0.3, -0.25) is 4.79 Å². The molecule has 1 aliphatic heterocycles. The first-order chi connectivity index (χ1) is 12.7. The van der Waals surface area contributed by atoms with Gasteiger partial charge in [0.25, 0.3) is 0 Å². The van der Waals surface area contributed by atoms with Crippen molar-refractivity contribution in [2.75, 3.05) is 19.5 Å². The summed E-state index contributed by atoms with van der Waals surface area (Å²) < 4.78 is 10.8. The molecule has 4 rings (SSSR count). The van der Waals surface area contributed by atoms with Crippen molar-refractivity contribution >= 4 is 22.9 Å². The molecule has 0 fully saturated rings. The maximum Gasteiger partial charge on any atom is 0.232 e. The number of anilines is 1. The Morgan fingerprint density at radius 2 is 1.96 bits per heavy atom. The number of benzene rings is 2. The van der Waals surface area contributed by atoms with Crippen LogP contribution in [-0.4, -0.2) is 20.1 Å². The second-order valence-electron chi connectivity index (χ2n) is 6.25. The maximum atomic E-state index is 12.5. The molecule has 5 heteroatoms. The number of ether oxygens (including phenoxy) is 2. The average Bonchev–Trinajstić information content (AvgIpc) is 3.30. The summed E-state index contributed by atoms with van der Waals surface area (Å²) in [5.74, 6) is 1.42. The summed E-state index contributed by atoms with van der Waals surface area (Å²) in [7, 11) is 3.30. The third-order valence-electron chi connectivity index (χ3n) is 4.75. The Labute approximate surface area is 156 Å². The van der Waals surface area contributed by atoms with E-state index >= 15 is 0 Å². The standard InChI is InChI=1S/C21H19NO3S/c1-24-15-4-5-16-18(21(23)22-19(16)11-15)10-13-3-6-20(25-2)17(9-13)14-7-8-26-12-14/h3-9,11-12,18H,10H2,1-2H3,(H,22,23). The normalized spacial score (nSPS) is 15.5. The Hall–Kier alpha value is -2.79. The molecule has 1 atom stereocenters. The fraction of sp³-hybridized carbons (Fsp3) is 0.190. The van der Waals surface area contributed by atoms with Crippen LogP contribution in [0, 0.1) is 0 Å². The molecule has 2 aromatic carbocycles. The van der Waals surface area contributed by atoms with Crippen LogP contribution in [0.4, 0.5) is 5.69 Å². The van der Waals surface area contributed by atoms with E-state index in [1.54, 1.807) is 25.6 Å². The summed E-state index contributed by atoms with van der Waals surface area (Å²) in [5, 5.41) is 7.12. The zero-order valence-corrected chi connectivity index (χ0v) is 15.4. The highest BCUT2D eigenvalue weighted by Gasteiger charge is 2.31. The van der Waals surface area contributed by atoms with E-state index in [-0.39, 0.29) is 11.8 Å². The van der Waals surface area contributed by atoms with Crippen LogP contribution in [0.15, 0.2) is 53.2 Å². The monoisotopic (exact) mass is 365 g/mol. The van der Waals surface area contributed by atoms with Crippen molar-refractivity contribution in [1.82, 2.24) is 0 Å². The fourth-order valence-corrected chi connectivity index (χ4v) is 4.06. The van der Waals surface area contributed by atoms with Gasteiger partial charge >= 0.3 is 0 Å². The molecule has 0 saturated carbocycles. The second-order valence-corrected chi connectivity index (χ2v) is 7.03. The predicted molar refractivity (Wildman–Crippen MR) is 104 cm³/mol. The van der Waals surface area contributed by atoms with E-state index in [9.17, 15) is 4.79 Å². The Balaban J connectivity index is 1.66. The molecule has 4 nitrogen and oxygen atoms in total. The van der Waals surface area contributed by atoms with Gasteiger partial charge in [-0.1, -0.05) is 12.1 Å². The van der Waals surface area contributed by atoms with Gasteiger partial charge in [0, 0.05) is 17.3 Å². The quantitative estimate of drug-likeness (QED) is 0.712. The van der Waals surface area contributed by atoms with Gasteiger partial charge in [-0.2, -0.15) is 11.3 Å². The molecule has 1 amide bonds. The number of hydrogen-bond donors (Lipinski definition) is 1. The Morgan fingerprint density at radius 1 is 1.08 bits per heavy atom. The Kier molecular flexibility index (Phi) is 4.39. The molecule has 0 aliphatic carbocycles. The third-order valence-corrected chi connectivity index (χ3v) is 5.43. The van der Waals surface area contributed by atoms with Gasteiger partial charge in [-0.25, -0.2) is 0 Å². The van der Waals surface area contributed by atoms with E-state index in [2.05, 4.69) is 28.2 Å². The summed E-state index contributed by atoms with van der Waals surface area (Å²) in [4.78, 5) is 12.5. The third kappa shape index (κ3) is 2.95. The van der Waals surface area contributed by atoms with E-state index in [0.29, 0.717) is 6.42 Å². The highest BCUT2D eigenvalue weighted by Crippen LogP contribution is 2.38. The van der Waals surface area contributed by atoms with Gasteiger partial charge in [0.05, 0.1) is 20.1 Å². The molecule has 0 spiro atoms. The van der Waals surface area contributed by atoms with E-state index in [1.807, 2.05) is 30.3 Å². The fourth-order valence-electron chi connectivity index (χ4n) is 3.40. The number of rotatable bonds is 5. The molecule has 1 aromatic heterocycles. The molecule has 1 aliphatic rings. The number of methoxy groups -OCH3 is 2. The van der Waals surface area contributed by atoms with Crippen LogP contribution in [0.2, 0.25) is 0 Å². The topological polar surface area (TPSA) is 47.6 Å². The van der Waals surface area contributed by atoms with Gasteiger partial charge in [0.15, 0.2) is 0 Å². The summed E-state index contributed by atoms with van der Waals surface area (Å²) in [6.45, 7) is 0. The van der Waals surface area contributed by atoms with Crippen molar-refractivity contribution in [1.29, 1.82) is 0 Å². The molecule has 26 heavy (non-hydrogen) atoms. The van der Waals surface area contributed by atoms with Crippen LogP contribution >= 0.6 is 11.3 Å². The molecule has 3 aromatic rings. The Morgan fingerprint density at radius 3 is 2.69 bits per heavy atom. The van der Waals surface area contributed by atoms with E-state index in [1.165, 1.54) is 0 Å². The van der Waals surface area contributed by atoms with Crippen molar-refractivity contribution in [2.24, 2.45) is 0 Å². The lowest BCUT2D eigenvalue weighted by Gasteiger charge is -2.13. The predicted octanol–water partition coefficient (Wildman–Crippen LogP) is 4.71. The zero-order valence-electron chi connectivity index (χ0n) is 14.6. The van der Waals surface area contributed by atoms with Crippen LogP contribution in [-0.2, 0) is 11.2 Å². The summed E-state index contributed by atoms with van der Waals surface area (Å²) >= 11 is 1.66. The van der Waals surface area contributed by atoms with E-state index < -0.39 is 0 Å². The van der Waals surface area contributed by atoms with Crippen molar-refractivity contribution in [3.63, 3.8) is 0 Å². The van der Waals surface area contributed by atoms with Crippen LogP contribution < -0.4 is 14.8 Å². The first kappa shape index (κ1) is 16.7. The largest absolute Gasteiger partial charge is 0.497 e. The molecule has 0 saturated heterocycles. The SMILES string of the molecule is COc1ccc2c(c1)NC(=O)C2Cc1ccc(OC)c(-c2ccsc2)c1.